The first kappa shape index (κ1) is 14.7. The minimum atomic E-state index is -0.826. The topological polar surface area (TPSA) is 55.1 Å². The van der Waals surface area contributed by atoms with E-state index in [0.29, 0.717) is 5.02 Å². The summed E-state index contributed by atoms with van der Waals surface area (Å²) in [6.45, 7) is 2.23. The van der Waals surface area contributed by atoms with Gasteiger partial charge < -0.3 is 9.67 Å². The van der Waals surface area contributed by atoms with E-state index < -0.39 is 5.97 Å². The monoisotopic (exact) mass is 324 g/mol. The molecule has 0 unspecified atom stereocenters. The Hall–Kier alpha value is -1.20. The highest BCUT2D eigenvalue weighted by molar-refractivity contribution is 7.99. The van der Waals surface area contributed by atoms with Gasteiger partial charge in [-0.1, -0.05) is 36.2 Å². The average Bonchev–Trinajstić information content (AvgIpc) is 3.00. The van der Waals surface area contributed by atoms with E-state index in [0.717, 1.165) is 29.0 Å². The van der Waals surface area contributed by atoms with Crippen molar-refractivity contribution in [3.05, 3.63) is 23.2 Å². The van der Waals surface area contributed by atoms with Crippen molar-refractivity contribution in [3.8, 4) is 0 Å². The summed E-state index contributed by atoms with van der Waals surface area (Å²) in [6.07, 6.45) is 4.57. The summed E-state index contributed by atoms with van der Waals surface area (Å²) >= 11 is 7.42. The number of aromatic nitrogens is 2. The highest BCUT2D eigenvalue weighted by Crippen LogP contribution is 2.41. The Morgan fingerprint density at radius 2 is 2.19 bits per heavy atom. The lowest BCUT2D eigenvalue weighted by Crippen LogP contribution is -2.27. The molecule has 1 N–H and O–H groups in total. The number of halogens is 1. The number of benzene rings is 1. The Kier molecular flexibility index (Phi) is 3.88. The van der Waals surface area contributed by atoms with Gasteiger partial charge in [-0.05, 0) is 38.0 Å². The fraction of sp³-hybridized carbons (Fsp3) is 0.467. The van der Waals surface area contributed by atoms with Gasteiger partial charge in [-0.3, -0.25) is 4.79 Å². The maximum atomic E-state index is 10.9. The van der Waals surface area contributed by atoms with Crippen LogP contribution in [0.1, 0.15) is 32.6 Å². The molecule has 1 aromatic heterocycles. The molecule has 3 rings (SSSR count). The summed E-state index contributed by atoms with van der Waals surface area (Å²) in [5.74, 6) is -0.805. The van der Waals surface area contributed by atoms with Gasteiger partial charge in [0.25, 0.3) is 0 Å². The molecule has 2 aromatic rings. The highest BCUT2D eigenvalue weighted by atomic mass is 35.5. The molecular weight excluding hydrogens is 308 g/mol. The molecular formula is C15H17ClN2O2S. The van der Waals surface area contributed by atoms with Gasteiger partial charge in [-0.15, -0.1) is 0 Å². The maximum absolute atomic E-state index is 10.9. The summed E-state index contributed by atoms with van der Waals surface area (Å²) in [7, 11) is 0. The van der Waals surface area contributed by atoms with Crippen molar-refractivity contribution in [2.45, 2.75) is 43.3 Å². The second kappa shape index (κ2) is 5.54. The van der Waals surface area contributed by atoms with Crippen molar-refractivity contribution in [1.29, 1.82) is 0 Å². The van der Waals surface area contributed by atoms with E-state index in [1.807, 2.05) is 18.2 Å². The van der Waals surface area contributed by atoms with Crippen LogP contribution in [0.2, 0.25) is 5.02 Å². The van der Waals surface area contributed by atoms with E-state index in [-0.39, 0.29) is 11.3 Å². The van der Waals surface area contributed by atoms with Gasteiger partial charge in [0.05, 0.1) is 16.8 Å². The first-order chi connectivity index (χ1) is 9.99. The Labute approximate surface area is 132 Å². The second-order valence-electron chi connectivity index (χ2n) is 5.75. The van der Waals surface area contributed by atoms with E-state index in [9.17, 15) is 4.79 Å². The number of carboxylic acid groups (broad SMARTS) is 1. The number of fused-ring (bicyclic) bond motifs is 1. The molecule has 0 saturated heterocycles. The average molecular weight is 325 g/mol. The summed E-state index contributed by atoms with van der Waals surface area (Å²) in [5.41, 5.74) is 1.88. The molecule has 1 aromatic carbocycles. The molecule has 4 nitrogen and oxygen atoms in total. The van der Waals surface area contributed by atoms with Gasteiger partial charge in [0, 0.05) is 10.6 Å². The fourth-order valence-electron chi connectivity index (χ4n) is 3.13. The number of hydrogen-bond donors (Lipinski definition) is 1. The molecule has 21 heavy (non-hydrogen) atoms. The Morgan fingerprint density at radius 1 is 1.48 bits per heavy atom. The SMILES string of the molecule is CC1(n2c(SCC(=O)O)nc3ccc(Cl)cc32)CCCC1. The van der Waals surface area contributed by atoms with Crippen molar-refractivity contribution < 1.29 is 9.90 Å². The largest absolute Gasteiger partial charge is 0.481 e. The van der Waals surface area contributed by atoms with Crippen molar-refractivity contribution in [1.82, 2.24) is 9.55 Å². The number of hydrogen-bond acceptors (Lipinski definition) is 3. The number of rotatable bonds is 4. The van der Waals surface area contributed by atoms with Crippen LogP contribution in [0.5, 0.6) is 0 Å². The number of imidazole rings is 1. The summed E-state index contributed by atoms with van der Waals surface area (Å²) in [6, 6.07) is 5.65. The van der Waals surface area contributed by atoms with E-state index in [1.54, 1.807) is 0 Å². The minimum Gasteiger partial charge on any atom is -0.481 e. The lowest BCUT2D eigenvalue weighted by molar-refractivity contribution is -0.133. The van der Waals surface area contributed by atoms with Crippen LogP contribution in [-0.4, -0.2) is 26.4 Å². The van der Waals surface area contributed by atoms with Crippen LogP contribution in [0.4, 0.5) is 0 Å². The predicted molar refractivity (Wildman–Crippen MR) is 85.2 cm³/mol. The molecule has 1 aliphatic rings. The van der Waals surface area contributed by atoms with E-state index in [4.69, 9.17) is 16.7 Å². The van der Waals surface area contributed by atoms with Crippen molar-refractivity contribution >= 4 is 40.4 Å². The van der Waals surface area contributed by atoms with Crippen molar-refractivity contribution in [3.63, 3.8) is 0 Å². The van der Waals surface area contributed by atoms with Gasteiger partial charge >= 0.3 is 5.97 Å². The molecule has 1 fully saturated rings. The fourth-order valence-corrected chi connectivity index (χ4v) is 4.16. The number of aliphatic carboxylic acids is 1. The van der Waals surface area contributed by atoms with Crippen LogP contribution in [0.15, 0.2) is 23.4 Å². The zero-order valence-electron chi connectivity index (χ0n) is 11.8. The Bertz CT molecular complexity index is 692. The van der Waals surface area contributed by atoms with Crippen molar-refractivity contribution in [2.24, 2.45) is 0 Å². The van der Waals surface area contributed by atoms with Gasteiger partial charge in [0.15, 0.2) is 5.16 Å². The summed E-state index contributed by atoms with van der Waals surface area (Å²) in [4.78, 5) is 15.5. The molecule has 1 saturated carbocycles. The lowest BCUT2D eigenvalue weighted by atomic mass is 10.0. The molecule has 1 aliphatic carbocycles. The van der Waals surface area contributed by atoms with E-state index in [1.165, 1.54) is 24.6 Å². The third-order valence-corrected chi connectivity index (χ3v) is 5.29. The predicted octanol–water partition coefficient (Wildman–Crippen LogP) is 4.16. The summed E-state index contributed by atoms with van der Waals surface area (Å²) < 4.78 is 2.20. The minimum absolute atomic E-state index is 0.000267. The third kappa shape index (κ3) is 2.77. The summed E-state index contributed by atoms with van der Waals surface area (Å²) in [5, 5.41) is 10.4. The van der Waals surface area contributed by atoms with Gasteiger partial charge in [0.1, 0.15) is 0 Å². The molecule has 0 aliphatic heterocycles. The van der Waals surface area contributed by atoms with E-state index in [2.05, 4.69) is 16.5 Å². The number of nitrogens with zero attached hydrogens (tertiary/aromatic N) is 2. The van der Waals surface area contributed by atoms with Gasteiger partial charge in [0.2, 0.25) is 0 Å². The van der Waals surface area contributed by atoms with Gasteiger partial charge in [-0.25, -0.2) is 4.98 Å². The zero-order chi connectivity index (χ0) is 15.0. The van der Waals surface area contributed by atoms with Crippen LogP contribution >= 0.6 is 23.4 Å². The third-order valence-electron chi connectivity index (χ3n) is 4.13. The molecule has 1 heterocycles. The normalized spacial score (nSPS) is 17.4. The van der Waals surface area contributed by atoms with Crippen LogP contribution in [0.25, 0.3) is 11.0 Å². The quantitative estimate of drug-likeness (QED) is 0.858. The second-order valence-corrected chi connectivity index (χ2v) is 7.13. The Morgan fingerprint density at radius 3 is 2.86 bits per heavy atom. The molecule has 0 atom stereocenters. The van der Waals surface area contributed by atoms with Crippen molar-refractivity contribution in [2.75, 3.05) is 5.75 Å². The molecule has 6 heteroatoms. The van der Waals surface area contributed by atoms with Crippen LogP contribution in [-0.2, 0) is 10.3 Å². The van der Waals surface area contributed by atoms with Crippen LogP contribution in [0.3, 0.4) is 0 Å². The molecule has 0 radical (unpaired) electrons. The lowest BCUT2D eigenvalue weighted by Gasteiger charge is -2.28. The smallest absolute Gasteiger partial charge is 0.313 e. The highest BCUT2D eigenvalue weighted by Gasteiger charge is 2.34. The zero-order valence-corrected chi connectivity index (χ0v) is 13.4. The van der Waals surface area contributed by atoms with Crippen LogP contribution < -0.4 is 0 Å². The number of carbonyl (C=O) groups is 1. The Balaban J connectivity index is 2.14. The van der Waals surface area contributed by atoms with Crippen LogP contribution in [0, 0.1) is 0 Å². The van der Waals surface area contributed by atoms with E-state index >= 15 is 0 Å². The maximum Gasteiger partial charge on any atom is 0.313 e. The number of carboxylic acids is 1. The molecule has 0 spiro atoms. The standard InChI is InChI=1S/C15H17ClN2O2S/c1-15(6-2-3-7-15)18-12-8-10(16)4-5-11(12)17-14(18)21-9-13(19)20/h4-5,8H,2-3,6-7,9H2,1H3,(H,19,20). The van der Waals surface area contributed by atoms with Gasteiger partial charge in [-0.2, -0.15) is 0 Å². The number of thioether (sulfide) groups is 1. The molecule has 0 bridgehead atoms. The molecule has 112 valence electrons. The molecule has 0 amide bonds. The first-order valence-electron chi connectivity index (χ1n) is 7.03. The first-order valence-corrected chi connectivity index (χ1v) is 8.39.